The van der Waals surface area contributed by atoms with E-state index in [1.54, 1.807) is 0 Å². The third-order valence-corrected chi connectivity index (χ3v) is 3.89. The number of rotatable bonds is 2. The van der Waals surface area contributed by atoms with Crippen molar-refractivity contribution < 1.29 is 0 Å². The van der Waals surface area contributed by atoms with Gasteiger partial charge >= 0.3 is 0 Å². The largest absolute Gasteiger partial charge is 0.260 e. The predicted molar refractivity (Wildman–Crippen MR) is 87.5 cm³/mol. The average Bonchev–Trinajstić information content (AvgIpc) is 2.70. The third kappa shape index (κ3) is 2.66. The van der Waals surface area contributed by atoms with Gasteiger partial charge in [0.15, 0.2) is 0 Å². The molecule has 0 aliphatic heterocycles. The highest BCUT2D eigenvalue weighted by Gasteiger charge is 2.04. The number of benzene rings is 2. The number of nitrogens with zero attached hydrogens (tertiary/aromatic N) is 2. The molecule has 3 rings (SSSR count). The standard InChI is InChI=1S/C16H15IN2/c1-11-5-12(2)7-13(6-11)10-19-16-8-15(17)4-3-14(16)9-18-19/h3-9H,10H2,1-2H3. The topological polar surface area (TPSA) is 17.8 Å². The molecule has 0 bridgehead atoms. The fourth-order valence-electron chi connectivity index (χ4n) is 2.50. The molecule has 96 valence electrons. The van der Waals surface area contributed by atoms with Gasteiger partial charge in [-0.3, -0.25) is 4.68 Å². The number of aryl methyl sites for hydroxylation is 2. The molecule has 2 nitrogen and oxygen atoms in total. The lowest BCUT2D eigenvalue weighted by atomic mass is 10.1. The van der Waals surface area contributed by atoms with E-state index in [0.717, 1.165) is 6.54 Å². The van der Waals surface area contributed by atoms with Gasteiger partial charge in [-0.25, -0.2) is 0 Å². The van der Waals surface area contributed by atoms with Crippen molar-refractivity contribution in [1.29, 1.82) is 0 Å². The average molecular weight is 362 g/mol. The van der Waals surface area contributed by atoms with Gasteiger partial charge in [0.2, 0.25) is 0 Å². The maximum Gasteiger partial charge on any atom is 0.0696 e. The zero-order chi connectivity index (χ0) is 13.4. The van der Waals surface area contributed by atoms with Gasteiger partial charge in [-0.15, -0.1) is 0 Å². The summed E-state index contributed by atoms with van der Waals surface area (Å²) in [5.74, 6) is 0. The van der Waals surface area contributed by atoms with Gasteiger partial charge < -0.3 is 0 Å². The Morgan fingerprint density at radius 1 is 1.05 bits per heavy atom. The molecule has 3 heteroatoms. The van der Waals surface area contributed by atoms with Crippen molar-refractivity contribution >= 4 is 33.5 Å². The number of halogens is 1. The summed E-state index contributed by atoms with van der Waals surface area (Å²) in [5.41, 5.74) is 5.12. The molecular formula is C16H15IN2. The van der Waals surface area contributed by atoms with Crippen molar-refractivity contribution in [2.45, 2.75) is 20.4 Å². The molecule has 0 aliphatic rings. The Bertz CT molecular complexity index is 723. The zero-order valence-corrected chi connectivity index (χ0v) is 13.2. The maximum absolute atomic E-state index is 4.50. The molecule has 0 aliphatic carbocycles. The maximum atomic E-state index is 4.50. The van der Waals surface area contributed by atoms with Gasteiger partial charge in [0.1, 0.15) is 0 Å². The first-order valence-corrected chi connectivity index (χ1v) is 7.38. The molecule has 1 aromatic heterocycles. The van der Waals surface area contributed by atoms with Crippen LogP contribution in [-0.2, 0) is 6.54 Å². The van der Waals surface area contributed by atoms with Crippen LogP contribution in [0.3, 0.4) is 0 Å². The van der Waals surface area contributed by atoms with E-state index in [-0.39, 0.29) is 0 Å². The highest BCUT2D eigenvalue weighted by atomic mass is 127. The Kier molecular flexibility index (Phi) is 3.31. The van der Waals surface area contributed by atoms with Gasteiger partial charge in [-0.2, -0.15) is 5.10 Å². The molecule has 0 saturated heterocycles. The molecular weight excluding hydrogens is 347 g/mol. The van der Waals surface area contributed by atoms with Crippen molar-refractivity contribution in [2.75, 3.05) is 0 Å². The summed E-state index contributed by atoms with van der Waals surface area (Å²) in [6.45, 7) is 5.10. The third-order valence-electron chi connectivity index (χ3n) is 3.22. The number of hydrogen-bond acceptors (Lipinski definition) is 1. The number of hydrogen-bond donors (Lipinski definition) is 0. The van der Waals surface area contributed by atoms with E-state index in [2.05, 4.69) is 82.6 Å². The Morgan fingerprint density at radius 3 is 2.53 bits per heavy atom. The van der Waals surface area contributed by atoms with Crippen molar-refractivity contribution in [3.63, 3.8) is 0 Å². The molecule has 2 aromatic carbocycles. The van der Waals surface area contributed by atoms with Crippen molar-refractivity contribution in [2.24, 2.45) is 0 Å². The van der Waals surface area contributed by atoms with E-state index >= 15 is 0 Å². The van der Waals surface area contributed by atoms with E-state index in [1.165, 1.54) is 31.2 Å². The lowest BCUT2D eigenvalue weighted by Crippen LogP contribution is -2.02. The van der Waals surface area contributed by atoms with Crippen LogP contribution < -0.4 is 0 Å². The normalized spacial score (nSPS) is 11.1. The summed E-state index contributed by atoms with van der Waals surface area (Å²) in [6, 6.07) is 13.1. The van der Waals surface area contributed by atoms with Crippen LogP contribution in [0.4, 0.5) is 0 Å². The molecule has 0 saturated carbocycles. The van der Waals surface area contributed by atoms with Gasteiger partial charge in [-0.05, 0) is 54.1 Å². The lowest BCUT2D eigenvalue weighted by Gasteiger charge is -2.07. The smallest absolute Gasteiger partial charge is 0.0696 e. The molecule has 0 fully saturated rings. The quantitative estimate of drug-likeness (QED) is 0.622. The summed E-state index contributed by atoms with van der Waals surface area (Å²) in [5, 5.41) is 5.70. The van der Waals surface area contributed by atoms with Crippen LogP contribution in [0.25, 0.3) is 10.9 Å². The fraction of sp³-hybridized carbons (Fsp3) is 0.188. The molecule has 0 radical (unpaired) electrons. The van der Waals surface area contributed by atoms with Crippen LogP contribution in [0.2, 0.25) is 0 Å². The fourth-order valence-corrected chi connectivity index (χ4v) is 2.98. The first-order valence-electron chi connectivity index (χ1n) is 6.30. The molecule has 0 amide bonds. The molecule has 0 atom stereocenters. The van der Waals surface area contributed by atoms with E-state index in [9.17, 15) is 0 Å². The second-order valence-corrected chi connectivity index (χ2v) is 6.25. The second-order valence-electron chi connectivity index (χ2n) is 5.00. The predicted octanol–water partition coefficient (Wildman–Crippen LogP) is 4.31. The summed E-state index contributed by atoms with van der Waals surface area (Å²) in [4.78, 5) is 0. The minimum atomic E-state index is 0.826. The van der Waals surface area contributed by atoms with Crippen molar-refractivity contribution in [3.8, 4) is 0 Å². The van der Waals surface area contributed by atoms with E-state index in [4.69, 9.17) is 0 Å². The Balaban J connectivity index is 2.03. The van der Waals surface area contributed by atoms with Crippen LogP contribution in [0.15, 0.2) is 42.6 Å². The van der Waals surface area contributed by atoms with Crippen LogP contribution in [-0.4, -0.2) is 9.78 Å². The number of fused-ring (bicyclic) bond motifs is 1. The Hall–Kier alpha value is -1.36. The van der Waals surface area contributed by atoms with Crippen LogP contribution >= 0.6 is 22.6 Å². The highest BCUT2D eigenvalue weighted by molar-refractivity contribution is 14.1. The minimum Gasteiger partial charge on any atom is -0.260 e. The molecule has 19 heavy (non-hydrogen) atoms. The van der Waals surface area contributed by atoms with Crippen molar-refractivity contribution in [3.05, 3.63) is 62.9 Å². The zero-order valence-electron chi connectivity index (χ0n) is 11.0. The Morgan fingerprint density at radius 2 is 1.79 bits per heavy atom. The van der Waals surface area contributed by atoms with Crippen LogP contribution in [0, 0.1) is 17.4 Å². The van der Waals surface area contributed by atoms with Gasteiger partial charge in [-0.1, -0.05) is 35.4 Å². The van der Waals surface area contributed by atoms with E-state index < -0.39 is 0 Å². The van der Waals surface area contributed by atoms with Gasteiger partial charge in [0.25, 0.3) is 0 Å². The molecule has 0 spiro atoms. The summed E-state index contributed by atoms with van der Waals surface area (Å²) in [6.07, 6.45) is 1.94. The van der Waals surface area contributed by atoms with Gasteiger partial charge in [0, 0.05) is 8.96 Å². The van der Waals surface area contributed by atoms with Gasteiger partial charge in [0.05, 0.1) is 18.3 Å². The van der Waals surface area contributed by atoms with E-state index in [0.29, 0.717) is 0 Å². The number of aromatic nitrogens is 2. The molecule has 0 unspecified atom stereocenters. The molecule has 1 heterocycles. The first kappa shape index (κ1) is 12.7. The molecule has 0 N–H and O–H groups in total. The van der Waals surface area contributed by atoms with Crippen molar-refractivity contribution in [1.82, 2.24) is 9.78 Å². The van der Waals surface area contributed by atoms with Crippen LogP contribution in [0.1, 0.15) is 16.7 Å². The first-order chi connectivity index (χ1) is 9.11. The summed E-state index contributed by atoms with van der Waals surface area (Å²) in [7, 11) is 0. The SMILES string of the molecule is Cc1cc(C)cc(Cn2ncc3ccc(I)cc32)c1. The summed E-state index contributed by atoms with van der Waals surface area (Å²) < 4.78 is 3.32. The monoisotopic (exact) mass is 362 g/mol. The minimum absolute atomic E-state index is 0.826. The van der Waals surface area contributed by atoms with Crippen LogP contribution in [0.5, 0.6) is 0 Å². The highest BCUT2D eigenvalue weighted by Crippen LogP contribution is 2.19. The second kappa shape index (κ2) is 4.96. The van der Waals surface area contributed by atoms with E-state index in [1.807, 2.05) is 6.20 Å². The lowest BCUT2D eigenvalue weighted by molar-refractivity contribution is 0.711. The Labute approximate surface area is 126 Å². The molecule has 3 aromatic rings. The summed E-state index contributed by atoms with van der Waals surface area (Å²) >= 11 is 2.34.